The third-order valence-electron chi connectivity index (χ3n) is 4.63. The van der Waals surface area contributed by atoms with Gasteiger partial charge in [-0.15, -0.1) is 0 Å². The fraction of sp³-hybridized carbons (Fsp3) is 0.556. The zero-order valence-corrected chi connectivity index (χ0v) is 13.3. The summed E-state index contributed by atoms with van der Waals surface area (Å²) in [5.41, 5.74) is 0.948. The number of amides is 1. The normalized spacial score (nSPS) is 24.3. The lowest BCUT2D eigenvalue weighted by Gasteiger charge is -2.34. The molecule has 1 fully saturated rings. The van der Waals surface area contributed by atoms with Crippen LogP contribution in [-0.2, 0) is 11.2 Å². The maximum Gasteiger partial charge on any atom is 0.258 e. The molecule has 1 aromatic carbocycles. The van der Waals surface area contributed by atoms with E-state index < -0.39 is 0 Å². The average Bonchev–Trinajstić information content (AvgIpc) is 2.51. The van der Waals surface area contributed by atoms with E-state index in [1.165, 1.54) is 12.8 Å². The Hall–Kier alpha value is -2.02. The van der Waals surface area contributed by atoms with Crippen molar-refractivity contribution >= 4 is 5.91 Å². The predicted octanol–water partition coefficient (Wildman–Crippen LogP) is 3.07. The molecule has 22 heavy (non-hydrogen) atoms. The van der Waals surface area contributed by atoms with E-state index in [0.29, 0.717) is 24.0 Å². The molecule has 0 aliphatic heterocycles. The van der Waals surface area contributed by atoms with Gasteiger partial charge in [-0.1, -0.05) is 38.8 Å². The summed E-state index contributed by atoms with van der Waals surface area (Å²) < 4.78 is 5.51. The molecule has 0 radical (unpaired) electrons. The highest BCUT2D eigenvalue weighted by Crippen LogP contribution is 2.29. The Bertz CT molecular complexity index is 533. The topological polar surface area (TPSA) is 62.1 Å². The van der Waals surface area contributed by atoms with Gasteiger partial charge in [-0.25, -0.2) is 0 Å². The van der Waals surface area contributed by atoms with E-state index in [2.05, 4.69) is 25.2 Å². The molecular weight excluding hydrogens is 276 g/mol. The Morgan fingerprint density at radius 2 is 2.05 bits per heavy atom. The third kappa shape index (κ3) is 4.49. The van der Waals surface area contributed by atoms with E-state index in [-0.39, 0.29) is 18.6 Å². The van der Waals surface area contributed by atoms with Crippen LogP contribution in [0.5, 0.6) is 5.75 Å². The number of hydrogen-bond acceptors (Lipinski definition) is 3. The molecule has 1 N–H and O–H groups in total. The lowest BCUT2D eigenvalue weighted by Crippen LogP contribution is -2.45. The quantitative estimate of drug-likeness (QED) is 0.909. The second kappa shape index (κ2) is 7.84. The zero-order valence-electron chi connectivity index (χ0n) is 13.3. The number of ether oxygens (including phenoxy) is 1. The van der Waals surface area contributed by atoms with Crippen LogP contribution in [0, 0.1) is 23.2 Å². The summed E-state index contributed by atoms with van der Waals surface area (Å²) in [5.74, 6) is 1.77. The third-order valence-corrected chi connectivity index (χ3v) is 4.63. The second-order valence-electron chi connectivity index (χ2n) is 6.21. The molecule has 1 aliphatic rings. The van der Waals surface area contributed by atoms with Gasteiger partial charge in [-0.05, 0) is 36.0 Å². The van der Waals surface area contributed by atoms with E-state index in [0.717, 1.165) is 12.0 Å². The van der Waals surface area contributed by atoms with E-state index in [1.54, 1.807) is 12.1 Å². The van der Waals surface area contributed by atoms with Crippen LogP contribution in [-0.4, -0.2) is 18.6 Å². The number of nitrogens with zero attached hydrogens (tertiary/aromatic N) is 1. The van der Waals surface area contributed by atoms with Crippen LogP contribution < -0.4 is 10.1 Å². The summed E-state index contributed by atoms with van der Waals surface area (Å²) >= 11 is 0. The van der Waals surface area contributed by atoms with Crippen molar-refractivity contribution in [2.45, 2.75) is 45.6 Å². The minimum absolute atomic E-state index is 0.0369. The van der Waals surface area contributed by atoms with Crippen LogP contribution in [0.3, 0.4) is 0 Å². The number of nitriles is 1. The standard InChI is InChI=1S/C18H24N2O2/c1-13-4-3-5-17(14(13)2)20-18(21)12-22-16-8-6-15(7-9-16)10-11-19/h6-9,13-14,17H,3-5,10,12H2,1-2H3,(H,20,21). The van der Waals surface area contributed by atoms with Crippen molar-refractivity contribution in [3.8, 4) is 11.8 Å². The predicted molar refractivity (Wildman–Crippen MR) is 85.4 cm³/mol. The lowest BCUT2D eigenvalue weighted by molar-refractivity contribution is -0.124. The molecule has 2 rings (SSSR count). The molecule has 4 nitrogen and oxygen atoms in total. The summed E-state index contributed by atoms with van der Waals surface area (Å²) in [6.45, 7) is 4.50. The van der Waals surface area contributed by atoms with Gasteiger partial charge in [0.15, 0.2) is 6.61 Å². The molecule has 1 saturated carbocycles. The number of hydrogen-bond donors (Lipinski definition) is 1. The van der Waals surface area contributed by atoms with E-state index in [1.807, 2.05) is 12.1 Å². The van der Waals surface area contributed by atoms with Gasteiger partial charge in [-0.3, -0.25) is 4.79 Å². The van der Waals surface area contributed by atoms with Crippen molar-refractivity contribution in [1.29, 1.82) is 5.26 Å². The van der Waals surface area contributed by atoms with Crippen molar-refractivity contribution in [1.82, 2.24) is 5.32 Å². The van der Waals surface area contributed by atoms with Gasteiger partial charge < -0.3 is 10.1 Å². The van der Waals surface area contributed by atoms with Crippen LogP contribution >= 0.6 is 0 Å². The van der Waals surface area contributed by atoms with Crippen molar-refractivity contribution in [3.63, 3.8) is 0 Å². The van der Waals surface area contributed by atoms with Crippen LogP contribution in [0.25, 0.3) is 0 Å². The summed E-state index contributed by atoms with van der Waals surface area (Å²) in [5, 5.41) is 11.7. The number of carbonyl (C=O) groups excluding carboxylic acids is 1. The largest absolute Gasteiger partial charge is 0.484 e. The minimum atomic E-state index is -0.0629. The van der Waals surface area contributed by atoms with Crippen LogP contribution in [0.1, 0.15) is 38.7 Å². The van der Waals surface area contributed by atoms with Crippen molar-refractivity contribution in [3.05, 3.63) is 29.8 Å². The summed E-state index contributed by atoms with van der Waals surface area (Å²) in [7, 11) is 0. The number of nitrogens with one attached hydrogen (secondary N) is 1. The molecule has 4 heteroatoms. The second-order valence-corrected chi connectivity index (χ2v) is 6.21. The first-order chi connectivity index (χ1) is 10.6. The molecular formula is C18H24N2O2. The monoisotopic (exact) mass is 300 g/mol. The van der Waals surface area contributed by atoms with Crippen molar-refractivity contribution in [2.24, 2.45) is 11.8 Å². The molecule has 1 amide bonds. The van der Waals surface area contributed by atoms with Crippen molar-refractivity contribution < 1.29 is 9.53 Å². The van der Waals surface area contributed by atoms with Gasteiger partial charge in [-0.2, -0.15) is 5.26 Å². The van der Waals surface area contributed by atoms with Crippen molar-refractivity contribution in [2.75, 3.05) is 6.61 Å². The first-order valence-electron chi connectivity index (χ1n) is 7.98. The summed E-state index contributed by atoms with van der Waals surface area (Å²) in [6.07, 6.45) is 3.87. The average molecular weight is 300 g/mol. The van der Waals surface area contributed by atoms with Gasteiger partial charge in [0.25, 0.3) is 5.91 Å². The van der Waals surface area contributed by atoms with Gasteiger partial charge in [0, 0.05) is 6.04 Å². The van der Waals surface area contributed by atoms with Gasteiger partial charge >= 0.3 is 0 Å². The molecule has 1 aliphatic carbocycles. The fourth-order valence-electron chi connectivity index (χ4n) is 2.98. The molecule has 0 heterocycles. The smallest absolute Gasteiger partial charge is 0.258 e. The zero-order chi connectivity index (χ0) is 15.9. The first kappa shape index (κ1) is 16.4. The number of benzene rings is 1. The Morgan fingerprint density at radius 1 is 1.32 bits per heavy atom. The number of rotatable bonds is 5. The first-order valence-corrected chi connectivity index (χ1v) is 7.98. The summed E-state index contributed by atoms with van der Waals surface area (Å²) in [4.78, 5) is 12.0. The SMILES string of the molecule is CC1CCCC(NC(=O)COc2ccc(CC#N)cc2)C1C. The summed E-state index contributed by atoms with van der Waals surface area (Å²) in [6, 6.07) is 9.65. The Kier molecular flexibility index (Phi) is 5.83. The Labute approximate surface area is 132 Å². The highest BCUT2D eigenvalue weighted by Gasteiger charge is 2.28. The van der Waals surface area contributed by atoms with E-state index in [4.69, 9.17) is 10.00 Å². The molecule has 118 valence electrons. The number of carbonyl (C=O) groups is 1. The molecule has 0 bridgehead atoms. The molecule has 1 aromatic rings. The van der Waals surface area contributed by atoms with E-state index in [9.17, 15) is 4.79 Å². The van der Waals surface area contributed by atoms with Gasteiger partial charge in [0.1, 0.15) is 5.75 Å². The van der Waals surface area contributed by atoms with E-state index >= 15 is 0 Å². The van der Waals surface area contributed by atoms with Gasteiger partial charge in [0.05, 0.1) is 12.5 Å². The Morgan fingerprint density at radius 3 is 2.73 bits per heavy atom. The van der Waals surface area contributed by atoms with Gasteiger partial charge in [0.2, 0.25) is 0 Å². The molecule has 0 saturated heterocycles. The molecule has 0 spiro atoms. The molecule has 0 aromatic heterocycles. The highest BCUT2D eigenvalue weighted by molar-refractivity contribution is 5.77. The highest BCUT2D eigenvalue weighted by atomic mass is 16.5. The maximum absolute atomic E-state index is 12.0. The fourth-order valence-corrected chi connectivity index (χ4v) is 2.98. The maximum atomic E-state index is 12.0. The van der Waals surface area contributed by atoms with Crippen LogP contribution in [0.4, 0.5) is 0 Å². The van der Waals surface area contributed by atoms with Crippen LogP contribution in [0.2, 0.25) is 0 Å². The Balaban J connectivity index is 1.79. The minimum Gasteiger partial charge on any atom is -0.484 e. The lowest BCUT2D eigenvalue weighted by atomic mass is 9.78. The molecule has 3 atom stereocenters. The molecule has 3 unspecified atom stereocenters. The van der Waals surface area contributed by atoms with Crippen LogP contribution in [0.15, 0.2) is 24.3 Å².